The average Bonchev–Trinajstić information content (AvgIpc) is 3.20. The molecule has 1 aromatic heterocycles. The number of aromatic hydroxyl groups is 1. The summed E-state index contributed by atoms with van der Waals surface area (Å²) in [5.41, 5.74) is 2.31. The number of phenolic OH excluding ortho intramolecular Hbond substituents is 1. The molecule has 0 spiro atoms. The molecule has 1 saturated carbocycles. The van der Waals surface area contributed by atoms with Gasteiger partial charge in [0, 0.05) is 17.1 Å². The Bertz CT molecular complexity index is 855. The van der Waals surface area contributed by atoms with E-state index in [-0.39, 0.29) is 5.75 Å². The lowest BCUT2D eigenvalue weighted by molar-refractivity contribution is 0.470. The lowest BCUT2D eigenvalue weighted by Crippen LogP contribution is -1.97. The third-order valence-electron chi connectivity index (χ3n) is 3.76. The molecule has 0 amide bonds. The van der Waals surface area contributed by atoms with Gasteiger partial charge in [-0.15, -0.1) is 0 Å². The molecule has 3 aromatic rings. The van der Waals surface area contributed by atoms with Gasteiger partial charge in [0.2, 0.25) is 0 Å². The van der Waals surface area contributed by atoms with Gasteiger partial charge in [-0.1, -0.05) is 11.6 Å². The zero-order chi connectivity index (χ0) is 14.6. The molecule has 0 atom stereocenters. The van der Waals surface area contributed by atoms with Crippen LogP contribution in [0.1, 0.15) is 18.9 Å². The Labute approximate surface area is 125 Å². The van der Waals surface area contributed by atoms with Crippen molar-refractivity contribution in [3.8, 4) is 17.1 Å². The maximum Gasteiger partial charge on any atom is 0.145 e. The fraction of sp³-hybridized carbons (Fsp3) is 0.188. The summed E-state index contributed by atoms with van der Waals surface area (Å²) in [7, 11) is 0. The Morgan fingerprint density at radius 3 is 2.71 bits per heavy atom. The summed E-state index contributed by atoms with van der Waals surface area (Å²) in [5, 5.41) is 10.7. The van der Waals surface area contributed by atoms with E-state index < -0.39 is 5.82 Å². The number of benzene rings is 2. The van der Waals surface area contributed by atoms with Crippen molar-refractivity contribution in [2.45, 2.75) is 18.9 Å². The summed E-state index contributed by atoms with van der Waals surface area (Å²) in [6.45, 7) is 0. The number of hydrogen-bond donors (Lipinski definition) is 1. The van der Waals surface area contributed by atoms with Crippen LogP contribution in [0.15, 0.2) is 36.4 Å². The highest BCUT2D eigenvalue weighted by atomic mass is 35.5. The Kier molecular flexibility index (Phi) is 2.69. The zero-order valence-corrected chi connectivity index (χ0v) is 11.8. The van der Waals surface area contributed by atoms with Crippen molar-refractivity contribution in [1.29, 1.82) is 0 Å². The average molecular weight is 303 g/mol. The van der Waals surface area contributed by atoms with Crippen LogP contribution in [0.5, 0.6) is 5.75 Å². The summed E-state index contributed by atoms with van der Waals surface area (Å²) in [6.07, 6.45) is 2.15. The van der Waals surface area contributed by atoms with E-state index in [0.29, 0.717) is 22.5 Å². The van der Waals surface area contributed by atoms with Crippen molar-refractivity contribution in [2.24, 2.45) is 0 Å². The second-order valence-electron chi connectivity index (χ2n) is 5.33. The molecule has 2 aromatic carbocycles. The van der Waals surface area contributed by atoms with E-state index in [9.17, 15) is 9.50 Å². The third kappa shape index (κ3) is 2.07. The van der Waals surface area contributed by atoms with Crippen LogP contribution in [-0.4, -0.2) is 14.7 Å². The molecule has 21 heavy (non-hydrogen) atoms. The van der Waals surface area contributed by atoms with E-state index in [1.165, 1.54) is 6.07 Å². The van der Waals surface area contributed by atoms with Gasteiger partial charge in [-0.05, 0) is 43.2 Å². The molecule has 0 saturated heterocycles. The van der Waals surface area contributed by atoms with Gasteiger partial charge in [0.1, 0.15) is 17.4 Å². The normalized spacial score (nSPS) is 14.8. The van der Waals surface area contributed by atoms with Gasteiger partial charge in [0.15, 0.2) is 0 Å². The Morgan fingerprint density at radius 2 is 2.00 bits per heavy atom. The quantitative estimate of drug-likeness (QED) is 0.755. The fourth-order valence-electron chi connectivity index (χ4n) is 2.65. The molecule has 4 rings (SSSR count). The molecule has 1 heterocycles. The summed E-state index contributed by atoms with van der Waals surface area (Å²) in [5.74, 6) is 0.0962. The maximum atomic E-state index is 13.2. The van der Waals surface area contributed by atoms with E-state index in [1.807, 2.05) is 12.1 Å². The first-order valence-corrected chi connectivity index (χ1v) is 7.17. The molecule has 1 N–H and O–H groups in total. The van der Waals surface area contributed by atoms with E-state index in [4.69, 9.17) is 11.6 Å². The Morgan fingerprint density at radius 1 is 1.19 bits per heavy atom. The monoisotopic (exact) mass is 302 g/mol. The fourth-order valence-corrected chi connectivity index (χ4v) is 2.82. The minimum atomic E-state index is -0.464. The second-order valence-corrected chi connectivity index (χ2v) is 5.77. The molecule has 1 aliphatic rings. The van der Waals surface area contributed by atoms with Crippen LogP contribution in [0.4, 0.5) is 4.39 Å². The molecule has 3 nitrogen and oxygen atoms in total. The first kappa shape index (κ1) is 12.7. The molecular weight excluding hydrogens is 291 g/mol. The van der Waals surface area contributed by atoms with Crippen LogP contribution in [0, 0.1) is 5.82 Å². The highest BCUT2D eigenvalue weighted by Crippen LogP contribution is 2.43. The predicted molar refractivity (Wildman–Crippen MR) is 80.1 cm³/mol. The molecule has 0 unspecified atom stereocenters. The predicted octanol–water partition coefficient (Wildman–Crippen LogP) is 4.54. The van der Waals surface area contributed by atoms with Gasteiger partial charge in [-0.25, -0.2) is 9.37 Å². The van der Waals surface area contributed by atoms with Gasteiger partial charge in [-0.3, -0.25) is 0 Å². The smallest absolute Gasteiger partial charge is 0.145 e. The molecular formula is C16H12ClFN2O. The van der Waals surface area contributed by atoms with Crippen LogP contribution in [-0.2, 0) is 0 Å². The molecule has 1 aliphatic carbocycles. The van der Waals surface area contributed by atoms with Crippen LogP contribution < -0.4 is 0 Å². The standard InChI is InChI=1S/C16H12ClFN2O/c17-9-1-6-13-14(7-9)20(11-3-4-11)16(19-13)12-5-2-10(18)8-15(12)21/h1-2,5-8,11,21H,3-4H2. The van der Waals surface area contributed by atoms with Crippen LogP contribution in [0.3, 0.4) is 0 Å². The lowest BCUT2D eigenvalue weighted by atomic mass is 10.2. The van der Waals surface area contributed by atoms with Crippen LogP contribution >= 0.6 is 11.6 Å². The largest absolute Gasteiger partial charge is 0.507 e. The van der Waals surface area contributed by atoms with Crippen molar-refractivity contribution in [1.82, 2.24) is 9.55 Å². The molecule has 0 radical (unpaired) electrons. The Balaban J connectivity index is 2.01. The molecule has 106 valence electrons. The van der Waals surface area contributed by atoms with Gasteiger partial charge >= 0.3 is 0 Å². The first-order valence-electron chi connectivity index (χ1n) is 6.80. The summed E-state index contributed by atoms with van der Waals surface area (Å²) >= 11 is 6.08. The van der Waals surface area contributed by atoms with E-state index in [2.05, 4.69) is 9.55 Å². The summed E-state index contributed by atoms with van der Waals surface area (Å²) in [6, 6.07) is 9.91. The topological polar surface area (TPSA) is 38.1 Å². The number of imidazole rings is 1. The molecule has 0 bridgehead atoms. The zero-order valence-electron chi connectivity index (χ0n) is 11.1. The van der Waals surface area contributed by atoms with Crippen molar-refractivity contribution >= 4 is 22.6 Å². The van der Waals surface area contributed by atoms with Crippen molar-refractivity contribution in [3.63, 3.8) is 0 Å². The van der Waals surface area contributed by atoms with Gasteiger partial charge < -0.3 is 9.67 Å². The van der Waals surface area contributed by atoms with Gasteiger partial charge in [-0.2, -0.15) is 0 Å². The highest BCUT2D eigenvalue weighted by Gasteiger charge is 2.29. The lowest BCUT2D eigenvalue weighted by Gasteiger charge is -2.09. The minimum absolute atomic E-state index is 0.0988. The summed E-state index contributed by atoms with van der Waals surface area (Å²) in [4.78, 5) is 4.60. The number of halogens is 2. The minimum Gasteiger partial charge on any atom is -0.507 e. The van der Waals surface area contributed by atoms with E-state index >= 15 is 0 Å². The van der Waals surface area contributed by atoms with Crippen molar-refractivity contribution in [2.75, 3.05) is 0 Å². The number of rotatable bonds is 2. The van der Waals surface area contributed by atoms with Gasteiger partial charge in [0.25, 0.3) is 0 Å². The van der Waals surface area contributed by atoms with E-state index in [1.54, 1.807) is 12.1 Å². The van der Waals surface area contributed by atoms with Gasteiger partial charge in [0.05, 0.1) is 16.6 Å². The third-order valence-corrected chi connectivity index (χ3v) is 4.00. The van der Waals surface area contributed by atoms with Crippen molar-refractivity contribution in [3.05, 3.63) is 47.2 Å². The van der Waals surface area contributed by atoms with E-state index in [0.717, 1.165) is 29.9 Å². The number of fused-ring (bicyclic) bond motifs is 1. The van der Waals surface area contributed by atoms with Crippen molar-refractivity contribution < 1.29 is 9.50 Å². The number of nitrogens with zero attached hydrogens (tertiary/aromatic N) is 2. The molecule has 0 aliphatic heterocycles. The second kappa shape index (κ2) is 4.46. The number of phenols is 1. The van der Waals surface area contributed by atoms with Crippen LogP contribution in [0.25, 0.3) is 22.4 Å². The first-order chi connectivity index (χ1) is 10.1. The SMILES string of the molecule is Oc1cc(F)ccc1-c1nc2ccc(Cl)cc2n1C1CC1. The highest BCUT2D eigenvalue weighted by molar-refractivity contribution is 6.31. The molecule has 5 heteroatoms. The number of hydrogen-bond acceptors (Lipinski definition) is 2. The molecule has 1 fully saturated rings. The Hall–Kier alpha value is -2.07. The maximum absolute atomic E-state index is 13.2. The number of aromatic nitrogens is 2. The van der Waals surface area contributed by atoms with Crippen LogP contribution in [0.2, 0.25) is 5.02 Å². The summed E-state index contributed by atoms with van der Waals surface area (Å²) < 4.78 is 15.3.